The predicted octanol–water partition coefficient (Wildman–Crippen LogP) is 1.25. The number of hydrogen-bond donors (Lipinski definition) is 0. The van der Waals surface area contributed by atoms with Gasteiger partial charge in [0.15, 0.2) is 0 Å². The average molecular weight is 357 g/mol. The fourth-order valence-electron chi connectivity index (χ4n) is 2.14. The van der Waals surface area contributed by atoms with E-state index in [0.717, 1.165) is 0 Å². The minimum Gasteiger partial charge on any atom is -0.377 e. The monoisotopic (exact) mass is 356 g/mol. The lowest BCUT2D eigenvalue weighted by molar-refractivity contribution is 0.0813. The second-order valence-corrected chi connectivity index (χ2v) is 18.4. The van der Waals surface area contributed by atoms with Crippen LogP contribution in [0.4, 0.5) is 0 Å². The summed E-state index contributed by atoms with van der Waals surface area (Å²) in [4.78, 5) is 0. The molecule has 128 valence electrons. The van der Waals surface area contributed by atoms with Crippen LogP contribution in [-0.4, -0.2) is 64.8 Å². The Morgan fingerprint density at radius 2 is 0.667 bits per heavy atom. The summed E-state index contributed by atoms with van der Waals surface area (Å²) in [5, 5.41) is 0. The molecule has 0 aromatic heterocycles. The Kier molecular flexibility index (Phi) is 12.1. The first-order valence-corrected chi connectivity index (χ1v) is 16.0. The normalized spacial score (nSPS) is 12.9. The van der Waals surface area contributed by atoms with Crippen LogP contribution in [0.25, 0.3) is 0 Å². The average Bonchev–Trinajstić information content (AvgIpc) is 2.40. The Hall–Kier alpha value is 0.411. The molecule has 9 heteroatoms. The fourth-order valence-corrected chi connectivity index (χ4v) is 23.8. The molecule has 0 rings (SSSR count). The van der Waals surface area contributed by atoms with Crippen LogP contribution in [0, 0.1) is 0 Å². The molecule has 0 saturated carbocycles. The number of rotatable bonds is 14. The molecule has 0 atom stereocenters. The van der Waals surface area contributed by atoms with Gasteiger partial charge in [-0.25, -0.2) is 0 Å². The van der Waals surface area contributed by atoms with Gasteiger partial charge in [0, 0.05) is 39.6 Å². The molecule has 0 aromatic rings. The zero-order valence-corrected chi connectivity index (χ0v) is 17.8. The van der Waals surface area contributed by atoms with Gasteiger partial charge in [-0.2, -0.15) is 0 Å². The molecule has 0 saturated heterocycles. The third-order valence-electron chi connectivity index (χ3n) is 2.62. The smallest absolute Gasteiger partial charge is 0.377 e. The van der Waals surface area contributed by atoms with Crippen molar-refractivity contribution < 1.29 is 26.6 Å². The first kappa shape index (κ1) is 21.4. The van der Waals surface area contributed by atoms with Gasteiger partial charge in [0.25, 0.3) is 0 Å². The van der Waals surface area contributed by atoms with Crippen LogP contribution in [0.2, 0.25) is 0 Å². The Labute approximate surface area is 133 Å². The van der Waals surface area contributed by atoms with Gasteiger partial charge in [-0.3, -0.25) is 0 Å². The minimum absolute atomic E-state index is 0.564. The molecule has 0 aliphatic heterocycles. The summed E-state index contributed by atoms with van der Waals surface area (Å²) in [5.41, 5.74) is 0. The quantitative estimate of drug-likeness (QED) is 0.437. The lowest BCUT2D eigenvalue weighted by atomic mass is 10.9. The van der Waals surface area contributed by atoms with Crippen LogP contribution < -0.4 is 0 Å². The van der Waals surface area contributed by atoms with Crippen molar-refractivity contribution in [2.45, 2.75) is 41.5 Å². The SMILES string of the molecule is CCO[Si](OCC)(OCC)[SiH2][Si](OCC)(OCC)OCC. The van der Waals surface area contributed by atoms with Crippen molar-refractivity contribution in [1.82, 2.24) is 0 Å². The third-order valence-corrected chi connectivity index (χ3v) is 21.9. The van der Waals surface area contributed by atoms with Crippen LogP contribution in [-0.2, 0) is 26.6 Å². The van der Waals surface area contributed by atoms with E-state index in [2.05, 4.69) is 0 Å². The fraction of sp³-hybridized carbons (Fsp3) is 1.00. The highest BCUT2D eigenvalue weighted by Gasteiger charge is 2.56. The summed E-state index contributed by atoms with van der Waals surface area (Å²) in [5.74, 6) is 0. The number of hydrogen-bond acceptors (Lipinski definition) is 6. The minimum atomic E-state index is -2.72. The van der Waals surface area contributed by atoms with Gasteiger partial charge in [-0.15, -0.1) is 0 Å². The first-order valence-electron chi connectivity index (χ1n) is 7.91. The van der Waals surface area contributed by atoms with Crippen molar-refractivity contribution in [3.8, 4) is 0 Å². The van der Waals surface area contributed by atoms with Crippen molar-refractivity contribution in [1.29, 1.82) is 0 Å². The van der Waals surface area contributed by atoms with E-state index in [9.17, 15) is 0 Å². The van der Waals surface area contributed by atoms with E-state index < -0.39 is 25.2 Å². The van der Waals surface area contributed by atoms with E-state index in [-0.39, 0.29) is 0 Å². The lowest BCUT2D eigenvalue weighted by Crippen LogP contribution is -2.67. The van der Waals surface area contributed by atoms with Crippen molar-refractivity contribution in [2.24, 2.45) is 0 Å². The second kappa shape index (κ2) is 11.9. The molecule has 0 bridgehead atoms. The van der Waals surface area contributed by atoms with Gasteiger partial charge in [0.1, 0.15) is 0 Å². The standard InChI is InChI=1S/C12H32O6Si3/c1-7-13-20(14-8-2,15-9-3)19-21(16-10-4,17-11-5)18-12-6/h7-12,19H2,1-6H3. The molecule has 0 radical (unpaired) electrons. The van der Waals surface area contributed by atoms with Gasteiger partial charge in [-0.1, -0.05) is 0 Å². The zero-order chi connectivity index (χ0) is 16.2. The highest BCUT2D eigenvalue weighted by Crippen LogP contribution is 2.18. The van der Waals surface area contributed by atoms with Gasteiger partial charge in [-0.05, 0) is 41.5 Å². The molecule has 0 unspecified atom stereocenters. The van der Waals surface area contributed by atoms with Crippen LogP contribution in [0.5, 0.6) is 0 Å². The Morgan fingerprint density at radius 1 is 0.476 bits per heavy atom. The molecule has 0 aliphatic rings. The molecular weight excluding hydrogens is 324 g/mol. The maximum atomic E-state index is 5.96. The van der Waals surface area contributed by atoms with Crippen molar-refractivity contribution >= 4 is 25.2 Å². The van der Waals surface area contributed by atoms with Crippen LogP contribution in [0.1, 0.15) is 41.5 Å². The molecule has 0 aliphatic carbocycles. The van der Waals surface area contributed by atoms with E-state index in [1.807, 2.05) is 41.5 Å². The van der Waals surface area contributed by atoms with Crippen LogP contribution in [0.3, 0.4) is 0 Å². The summed E-state index contributed by atoms with van der Waals surface area (Å²) in [6.45, 7) is 15.1. The lowest BCUT2D eigenvalue weighted by Gasteiger charge is -2.35. The molecule has 0 spiro atoms. The van der Waals surface area contributed by atoms with Crippen molar-refractivity contribution in [2.75, 3.05) is 39.6 Å². The van der Waals surface area contributed by atoms with E-state index in [0.29, 0.717) is 39.6 Å². The van der Waals surface area contributed by atoms with E-state index >= 15 is 0 Å². The second-order valence-electron chi connectivity index (χ2n) is 4.14. The molecule has 0 heterocycles. The maximum absolute atomic E-state index is 5.96. The van der Waals surface area contributed by atoms with Crippen LogP contribution in [0.15, 0.2) is 0 Å². The van der Waals surface area contributed by atoms with E-state index in [1.54, 1.807) is 0 Å². The molecule has 0 amide bonds. The summed E-state index contributed by atoms with van der Waals surface area (Å²) < 4.78 is 35.7. The molecule has 6 nitrogen and oxygen atoms in total. The van der Waals surface area contributed by atoms with Gasteiger partial charge in [0.2, 0.25) is 8.55 Å². The summed E-state index contributed by atoms with van der Waals surface area (Å²) in [7, 11) is -6.53. The Balaban J connectivity index is 5.30. The van der Waals surface area contributed by atoms with E-state index in [1.165, 1.54) is 0 Å². The maximum Gasteiger partial charge on any atom is 0.468 e. The van der Waals surface area contributed by atoms with Gasteiger partial charge in [0.05, 0.1) is 0 Å². The predicted molar refractivity (Wildman–Crippen MR) is 89.8 cm³/mol. The molecule has 21 heavy (non-hydrogen) atoms. The topological polar surface area (TPSA) is 55.4 Å². The molecule has 0 N–H and O–H groups in total. The highest BCUT2D eigenvalue weighted by atomic mass is 29.6. The zero-order valence-electron chi connectivity index (χ0n) is 14.4. The van der Waals surface area contributed by atoms with Crippen molar-refractivity contribution in [3.63, 3.8) is 0 Å². The van der Waals surface area contributed by atoms with E-state index in [4.69, 9.17) is 26.6 Å². The molecular formula is C12H32O6Si3. The van der Waals surface area contributed by atoms with Crippen LogP contribution >= 0.6 is 0 Å². The summed E-state index contributed by atoms with van der Waals surface area (Å²) in [6.07, 6.45) is 0. The summed E-state index contributed by atoms with van der Waals surface area (Å²) in [6, 6.07) is 0. The van der Waals surface area contributed by atoms with Crippen molar-refractivity contribution in [3.05, 3.63) is 0 Å². The largest absolute Gasteiger partial charge is 0.468 e. The molecule has 0 fully saturated rings. The Bertz CT molecular complexity index is 199. The third kappa shape index (κ3) is 7.48. The Morgan fingerprint density at radius 3 is 0.810 bits per heavy atom. The molecule has 0 aromatic carbocycles. The van der Waals surface area contributed by atoms with Gasteiger partial charge < -0.3 is 26.6 Å². The first-order chi connectivity index (χ1) is 10.1. The highest BCUT2D eigenvalue weighted by molar-refractivity contribution is 7.44. The summed E-state index contributed by atoms with van der Waals surface area (Å²) >= 11 is 0. The van der Waals surface area contributed by atoms with Gasteiger partial charge >= 0.3 is 16.6 Å².